The van der Waals surface area contributed by atoms with E-state index in [2.05, 4.69) is 15.5 Å². The predicted molar refractivity (Wildman–Crippen MR) is 114 cm³/mol. The van der Waals surface area contributed by atoms with Gasteiger partial charge in [0.15, 0.2) is 0 Å². The largest absolute Gasteiger partial charge is 0.373 e. The maximum atomic E-state index is 11.4. The van der Waals surface area contributed by atoms with Crippen LogP contribution in [0.1, 0.15) is 18.5 Å². The number of nitro benzene ring substituents is 1. The molecule has 0 amide bonds. The maximum absolute atomic E-state index is 11.4. The van der Waals surface area contributed by atoms with Crippen LogP contribution < -0.4 is 15.5 Å². The van der Waals surface area contributed by atoms with Crippen LogP contribution in [0.25, 0.3) is 0 Å². The second kappa shape index (κ2) is 9.46. The molecule has 0 saturated carbocycles. The fourth-order valence-corrected chi connectivity index (χ4v) is 3.60. The van der Waals surface area contributed by atoms with E-state index in [0.717, 1.165) is 37.4 Å². The summed E-state index contributed by atoms with van der Waals surface area (Å²) in [4.78, 5) is 13.3. The van der Waals surface area contributed by atoms with Crippen molar-refractivity contribution in [2.45, 2.75) is 13.0 Å². The van der Waals surface area contributed by atoms with E-state index in [9.17, 15) is 10.1 Å². The molecule has 0 bridgehead atoms. The number of hydrogen-bond acceptors (Lipinski definition) is 5. The highest BCUT2D eigenvalue weighted by Crippen LogP contribution is 2.33. The standard InChI is InChI=1S/C18H20Cl2N4O2.ClH/c1-12(13-8-14(19)10-15(20)9-13)22-17-11-16(2-3-18(17)24(25)26)23-6-4-21-5-7-23;/h2-3,8-12,21-22H,4-7H2,1H3;1H. The van der Waals surface area contributed by atoms with Crippen molar-refractivity contribution >= 4 is 52.7 Å². The van der Waals surface area contributed by atoms with Gasteiger partial charge in [-0.3, -0.25) is 10.1 Å². The van der Waals surface area contributed by atoms with Crippen molar-refractivity contribution in [3.8, 4) is 0 Å². The fourth-order valence-electron chi connectivity index (χ4n) is 3.06. The smallest absolute Gasteiger partial charge is 0.292 e. The molecule has 0 aliphatic carbocycles. The first-order valence-electron chi connectivity index (χ1n) is 8.40. The van der Waals surface area contributed by atoms with E-state index in [4.69, 9.17) is 23.2 Å². The molecule has 146 valence electrons. The molecule has 2 aromatic rings. The Morgan fingerprint density at radius 3 is 2.37 bits per heavy atom. The average molecular weight is 432 g/mol. The molecule has 9 heteroatoms. The zero-order valence-electron chi connectivity index (χ0n) is 14.7. The molecule has 27 heavy (non-hydrogen) atoms. The molecule has 1 fully saturated rings. The first-order valence-corrected chi connectivity index (χ1v) is 9.16. The van der Waals surface area contributed by atoms with Crippen molar-refractivity contribution in [1.29, 1.82) is 0 Å². The van der Waals surface area contributed by atoms with Crippen LogP contribution in [0.5, 0.6) is 0 Å². The molecule has 1 saturated heterocycles. The van der Waals surface area contributed by atoms with Gasteiger partial charge in [-0.05, 0) is 42.8 Å². The van der Waals surface area contributed by atoms with Gasteiger partial charge in [-0.15, -0.1) is 12.4 Å². The summed E-state index contributed by atoms with van der Waals surface area (Å²) in [6.45, 7) is 5.46. The third-order valence-corrected chi connectivity index (χ3v) is 4.85. The van der Waals surface area contributed by atoms with Crippen LogP contribution >= 0.6 is 35.6 Å². The third kappa shape index (κ3) is 5.39. The molecule has 0 spiro atoms. The molecule has 1 aliphatic heterocycles. The molecule has 1 aliphatic rings. The van der Waals surface area contributed by atoms with Gasteiger partial charge in [-0.2, -0.15) is 0 Å². The molecule has 0 radical (unpaired) electrons. The number of rotatable bonds is 5. The van der Waals surface area contributed by atoms with E-state index < -0.39 is 0 Å². The van der Waals surface area contributed by atoms with Crippen LogP contribution in [0.3, 0.4) is 0 Å². The van der Waals surface area contributed by atoms with Gasteiger partial charge in [0.25, 0.3) is 5.69 Å². The number of piperazine rings is 1. The molecule has 1 atom stereocenters. The number of benzene rings is 2. The zero-order chi connectivity index (χ0) is 18.7. The van der Waals surface area contributed by atoms with Crippen LogP contribution in [-0.4, -0.2) is 31.1 Å². The monoisotopic (exact) mass is 430 g/mol. The molecule has 0 aromatic heterocycles. The van der Waals surface area contributed by atoms with E-state index in [0.29, 0.717) is 15.7 Å². The molecule has 1 unspecified atom stereocenters. The number of nitro groups is 1. The highest BCUT2D eigenvalue weighted by atomic mass is 35.5. The normalized spacial score (nSPS) is 15.0. The van der Waals surface area contributed by atoms with E-state index in [1.54, 1.807) is 30.3 Å². The summed E-state index contributed by atoms with van der Waals surface area (Å²) >= 11 is 12.1. The van der Waals surface area contributed by atoms with Crippen molar-refractivity contribution in [3.63, 3.8) is 0 Å². The number of halogens is 3. The van der Waals surface area contributed by atoms with Gasteiger partial charge < -0.3 is 15.5 Å². The van der Waals surface area contributed by atoms with E-state index in [1.807, 2.05) is 13.0 Å². The summed E-state index contributed by atoms with van der Waals surface area (Å²) in [6, 6.07) is 10.3. The Hall–Kier alpha value is -1.73. The summed E-state index contributed by atoms with van der Waals surface area (Å²) in [5.74, 6) is 0. The van der Waals surface area contributed by atoms with E-state index >= 15 is 0 Å². The molecule has 6 nitrogen and oxygen atoms in total. The van der Waals surface area contributed by atoms with Gasteiger partial charge in [-0.1, -0.05) is 23.2 Å². The minimum atomic E-state index is -0.373. The lowest BCUT2D eigenvalue weighted by atomic mass is 10.1. The van der Waals surface area contributed by atoms with E-state index in [-0.39, 0.29) is 29.1 Å². The first-order chi connectivity index (χ1) is 12.4. The summed E-state index contributed by atoms with van der Waals surface area (Å²) < 4.78 is 0. The van der Waals surface area contributed by atoms with E-state index in [1.165, 1.54) is 0 Å². The third-order valence-electron chi connectivity index (χ3n) is 4.42. The second-order valence-corrected chi connectivity index (χ2v) is 7.14. The molecule has 2 aromatic carbocycles. The van der Waals surface area contributed by atoms with Crippen LogP contribution in [0.4, 0.5) is 17.1 Å². The Bertz CT molecular complexity index is 793. The van der Waals surface area contributed by atoms with Crippen molar-refractivity contribution < 1.29 is 4.92 Å². The Balaban J connectivity index is 0.00000261. The van der Waals surface area contributed by atoms with Gasteiger partial charge in [-0.25, -0.2) is 0 Å². The fraction of sp³-hybridized carbons (Fsp3) is 0.333. The summed E-state index contributed by atoms with van der Waals surface area (Å²) in [6.07, 6.45) is 0. The minimum Gasteiger partial charge on any atom is -0.373 e. The highest BCUT2D eigenvalue weighted by molar-refractivity contribution is 6.34. The maximum Gasteiger partial charge on any atom is 0.292 e. The van der Waals surface area contributed by atoms with Crippen molar-refractivity contribution in [2.24, 2.45) is 0 Å². The molecule has 1 heterocycles. The molecule has 2 N–H and O–H groups in total. The van der Waals surface area contributed by atoms with Gasteiger partial charge in [0.05, 0.1) is 4.92 Å². The number of nitrogens with zero attached hydrogens (tertiary/aromatic N) is 2. The van der Waals surface area contributed by atoms with Crippen LogP contribution in [0.15, 0.2) is 36.4 Å². The van der Waals surface area contributed by atoms with Crippen molar-refractivity contribution in [2.75, 3.05) is 36.4 Å². The lowest BCUT2D eigenvalue weighted by Crippen LogP contribution is -2.43. The average Bonchev–Trinajstić information content (AvgIpc) is 2.61. The Labute approximate surface area is 174 Å². The van der Waals surface area contributed by atoms with Crippen LogP contribution in [-0.2, 0) is 0 Å². The van der Waals surface area contributed by atoms with Gasteiger partial charge in [0, 0.05) is 54.0 Å². The molecular weight excluding hydrogens is 411 g/mol. The number of anilines is 2. The van der Waals surface area contributed by atoms with Gasteiger partial charge in [0.2, 0.25) is 0 Å². The van der Waals surface area contributed by atoms with Crippen molar-refractivity contribution in [1.82, 2.24) is 5.32 Å². The molecular formula is C18H21Cl3N4O2. The van der Waals surface area contributed by atoms with Gasteiger partial charge >= 0.3 is 0 Å². The Kier molecular flexibility index (Phi) is 7.56. The molecule has 3 rings (SSSR count). The van der Waals surface area contributed by atoms with Gasteiger partial charge in [0.1, 0.15) is 5.69 Å². The highest BCUT2D eigenvalue weighted by Gasteiger charge is 2.20. The predicted octanol–water partition coefficient (Wildman–Crippen LogP) is 4.91. The second-order valence-electron chi connectivity index (χ2n) is 6.26. The first kappa shape index (κ1) is 21.6. The zero-order valence-corrected chi connectivity index (χ0v) is 17.1. The summed E-state index contributed by atoms with van der Waals surface area (Å²) in [5, 5.41) is 19.0. The Morgan fingerprint density at radius 1 is 1.15 bits per heavy atom. The summed E-state index contributed by atoms with van der Waals surface area (Å²) in [5.41, 5.74) is 2.36. The lowest BCUT2D eigenvalue weighted by Gasteiger charge is -2.30. The van der Waals surface area contributed by atoms with Crippen LogP contribution in [0, 0.1) is 10.1 Å². The van der Waals surface area contributed by atoms with Crippen molar-refractivity contribution in [3.05, 3.63) is 62.1 Å². The quantitative estimate of drug-likeness (QED) is 0.520. The van der Waals surface area contributed by atoms with Crippen LogP contribution in [0.2, 0.25) is 10.0 Å². The SMILES string of the molecule is CC(Nc1cc(N2CCNCC2)ccc1[N+](=O)[O-])c1cc(Cl)cc(Cl)c1.Cl. The minimum absolute atomic E-state index is 0. The number of hydrogen-bond donors (Lipinski definition) is 2. The summed E-state index contributed by atoms with van der Waals surface area (Å²) in [7, 11) is 0. The lowest BCUT2D eigenvalue weighted by molar-refractivity contribution is -0.384. The Morgan fingerprint density at radius 2 is 1.78 bits per heavy atom. The number of nitrogens with one attached hydrogen (secondary N) is 2. The topological polar surface area (TPSA) is 70.4 Å².